The Morgan fingerprint density at radius 1 is 1.00 bits per heavy atom. The van der Waals surface area contributed by atoms with Crippen LogP contribution in [0.2, 0.25) is 0 Å². The Kier molecular flexibility index (Phi) is 7.15. The number of rotatable bonds is 8. The number of hydrogen-bond donors (Lipinski definition) is 0. The molecule has 0 bridgehead atoms. The lowest BCUT2D eigenvalue weighted by molar-refractivity contribution is -0.123. The van der Waals surface area contributed by atoms with Gasteiger partial charge in [-0.1, -0.05) is 82.7 Å². The summed E-state index contributed by atoms with van der Waals surface area (Å²) in [6.07, 6.45) is 15.6. The van der Waals surface area contributed by atoms with Crippen LogP contribution in [-0.2, 0) is 9.53 Å². The molecule has 1 aliphatic carbocycles. The van der Waals surface area contributed by atoms with Crippen LogP contribution in [-0.4, -0.2) is 11.9 Å². The van der Waals surface area contributed by atoms with Crippen molar-refractivity contribution in [1.82, 2.24) is 0 Å². The Hall–Kier alpha value is -1.57. The van der Waals surface area contributed by atoms with Crippen LogP contribution in [0.1, 0.15) is 90.0 Å². The van der Waals surface area contributed by atoms with Gasteiger partial charge in [-0.3, -0.25) is 4.79 Å². The first-order chi connectivity index (χ1) is 13.1. The lowest BCUT2D eigenvalue weighted by Crippen LogP contribution is -2.32. The van der Waals surface area contributed by atoms with Crippen LogP contribution in [0.3, 0.4) is 0 Å². The summed E-state index contributed by atoms with van der Waals surface area (Å²) in [6, 6.07) is 10.1. The minimum Gasteiger partial charge on any atom is -0.489 e. The summed E-state index contributed by atoms with van der Waals surface area (Å²) < 4.78 is 6.33. The third-order valence-corrected chi connectivity index (χ3v) is 6.65. The van der Waals surface area contributed by atoms with E-state index < -0.39 is 0 Å². The summed E-state index contributed by atoms with van der Waals surface area (Å²) in [4.78, 5) is 12.8. The molecule has 27 heavy (non-hydrogen) atoms. The molecule has 0 spiro atoms. The summed E-state index contributed by atoms with van der Waals surface area (Å²) in [5, 5.41) is 0. The molecule has 1 aromatic carbocycles. The molecule has 3 unspecified atom stereocenters. The van der Waals surface area contributed by atoms with E-state index in [1.54, 1.807) is 6.08 Å². The van der Waals surface area contributed by atoms with Crippen LogP contribution in [0.4, 0.5) is 0 Å². The average Bonchev–Trinajstić information content (AvgIpc) is 2.85. The van der Waals surface area contributed by atoms with Gasteiger partial charge in [0.1, 0.15) is 11.9 Å². The molecule has 1 saturated carbocycles. The minimum absolute atomic E-state index is 0.0591. The molecule has 148 valence electrons. The lowest BCUT2D eigenvalue weighted by Gasteiger charge is -2.30. The molecule has 1 fully saturated rings. The van der Waals surface area contributed by atoms with E-state index in [9.17, 15) is 4.79 Å². The van der Waals surface area contributed by atoms with Gasteiger partial charge in [-0.15, -0.1) is 0 Å². The summed E-state index contributed by atoms with van der Waals surface area (Å²) in [5.74, 6) is 1.10. The van der Waals surface area contributed by atoms with Gasteiger partial charge in [0.05, 0.1) is 5.92 Å². The van der Waals surface area contributed by atoms with Gasteiger partial charge >= 0.3 is 0 Å². The van der Waals surface area contributed by atoms with E-state index in [2.05, 4.69) is 13.8 Å². The fourth-order valence-corrected chi connectivity index (χ4v) is 4.74. The van der Waals surface area contributed by atoms with Crippen molar-refractivity contribution >= 4 is 11.5 Å². The second-order valence-corrected chi connectivity index (χ2v) is 8.95. The average molecular weight is 369 g/mol. The van der Waals surface area contributed by atoms with Gasteiger partial charge in [0, 0.05) is 11.6 Å². The molecule has 3 rings (SSSR count). The van der Waals surface area contributed by atoms with Gasteiger partial charge < -0.3 is 4.74 Å². The predicted molar refractivity (Wildman–Crippen MR) is 112 cm³/mol. The van der Waals surface area contributed by atoms with Crippen molar-refractivity contribution in [2.75, 3.05) is 0 Å². The van der Waals surface area contributed by atoms with Crippen molar-refractivity contribution in [3.8, 4) is 0 Å². The first-order valence-electron chi connectivity index (χ1n) is 11.1. The van der Waals surface area contributed by atoms with Crippen molar-refractivity contribution in [3.05, 3.63) is 42.0 Å². The first-order valence-corrected chi connectivity index (χ1v) is 11.1. The number of allylic oxidation sites excluding steroid dienone is 1. The quantitative estimate of drug-likeness (QED) is 0.464. The minimum atomic E-state index is 0.0591. The lowest BCUT2D eigenvalue weighted by atomic mass is 9.77. The summed E-state index contributed by atoms with van der Waals surface area (Å²) in [5.41, 5.74) is 1.39. The van der Waals surface area contributed by atoms with E-state index >= 15 is 0 Å². The third-order valence-electron chi connectivity index (χ3n) is 6.65. The fourth-order valence-electron chi connectivity index (χ4n) is 4.74. The Morgan fingerprint density at radius 3 is 2.48 bits per heavy atom. The summed E-state index contributed by atoms with van der Waals surface area (Å²) >= 11 is 0. The second-order valence-electron chi connectivity index (χ2n) is 8.95. The topological polar surface area (TPSA) is 26.3 Å². The van der Waals surface area contributed by atoms with E-state index in [0.717, 1.165) is 30.6 Å². The van der Waals surface area contributed by atoms with E-state index in [0.29, 0.717) is 5.41 Å². The van der Waals surface area contributed by atoms with Crippen LogP contribution in [0.5, 0.6) is 0 Å². The van der Waals surface area contributed by atoms with Gasteiger partial charge in [-0.2, -0.15) is 0 Å². The fraction of sp³-hybridized carbons (Fsp3) is 0.640. The maximum atomic E-state index is 12.8. The van der Waals surface area contributed by atoms with Crippen molar-refractivity contribution < 1.29 is 9.53 Å². The molecule has 0 amide bonds. The highest BCUT2D eigenvalue weighted by Gasteiger charge is 2.39. The molecular formula is C25H36O2. The van der Waals surface area contributed by atoms with E-state index in [4.69, 9.17) is 4.74 Å². The molecule has 3 atom stereocenters. The number of fused-ring (bicyclic) bond motifs is 1. The van der Waals surface area contributed by atoms with Gasteiger partial charge in [0.15, 0.2) is 5.78 Å². The highest BCUT2D eigenvalue weighted by molar-refractivity contribution is 5.98. The van der Waals surface area contributed by atoms with Crippen molar-refractivity contribution in [1.29, 1.82) is 0 Å². The number of hydrogen-bond acceptors (Lipinski definition) is 2. The Balaban J connectivity index is 1.55. The standard InChI is InChI=1S/C25H36O2/c1-3-4-5-6-7-11-16-25(2)17-14-21-22(26)19-24(27-23(21)15-18-25)20-12-9-8-10-13-20/h8-10,12-13,19,21,23H,3-7,11,14-18H2,1-2H3. The zero-order chi connectivity index (χ0) is 19.1. The van der Waals surface area contributed by atoms with E-state index in [1.165, 1.54) is 51.4 Å². The maximum absolute atomic E-state index is 12.8. The molecule has 2 heteroatoms. The highest BCUT2D eigenvalue weighted by atomic mass is 16.5. The predicted octanol–water partition coefficient (Wildman–Crippen LogP) is 6.94. The molecular weight excluding hydrogens is 332 g/mol. The molecule has 1 aromatic rings. The highest BCUT2D eigenvalue weighted by Crippen LogP contribution is 2.44. The molecule has 1 aliphatic heterocycles. The normalized spacial score (nSPS) is 28.1. The van der Waals surface area contributed by atoms with Crippen LogP contribution in [0.15, 0.2) is 36.4 Å². The maximum Gasteiger partial charge on any atom is 0.166 e. The van der Waals surface area contributed by atoms with Crippen LogP contribution >= 0.6 is 0 Å². The van der Waals surface area contributed by atoms with E-state index in [-0.39, 0.29) is 17.8 Å². The third kappa shape index (κ3) is 5.46. The van der Waals surface area contributed by atoms with Gasteiger partial charge in [0.2, 0.25) is 0 Å². The summed E-state index contributed by atoms with van der Waals surface area (Å²) in [6.45, 7) is 4.71. The zero-order valence-corrected chi connectivity index (χ0v) is 17.2. The Bertz CT molecular complexity index is 633. The van der Waals surface area contributed by atoms with Crippen molar-refractivity contribution in [3.63, 3.8) is 0 Å². The van der Waals surface area contributed by atoms with Crippen LogP contribution in [0.25, 0.3) is 5.76 Å². The summed E-state index contributed by atoms with van der Waals surface area (Å²) in [7, 11) is 0. The molecule has 0 N–H and O–H groups in total. The van der Waals surface area contributed by atoms with Crippen LogP contribution < -0.4 is 0 Å². The number of ether oxygens (including phenoxy) is 1. The van der Waals surface area contributed by atoms with Crippen molar-refractivity contribution in [2.24, 2.45) is 11.3 Å². The number of carbonyl (C=O) groups excluding carboxylic acids is 1. The molecule has 0 saturated heterocycles. The van der Waals surface area contributed by atoms with Crippen LogP contribution in [0, 0.1) is 11.3 Å². The number of carbonyl (C=O) groups is 1. The SMILES string of the molecule is CCCCCCCCC1(C)CCC2OC(c3ccccc3)=CC(=O)C2CC1. The molecule has 1 heterocycles. The molecule has 0 radical (unpaired) electrons. The van der Waals surface area contributed by atoms with E-state index in [1.807, 2.05) is 30.3 Å². The van der Waals surface area contributed by atoms with Gasteiger partial charge in [-0.25, -0.2) is 0 Å². The smallest absolute Gasteiger partial charge is 0.166 e. The first kappa shape index (κ1) is 20.2. The Morgan fingerprint density at radius 2 is 1.70 bits per heavy atom. The second kappa shape index (κ2) is 9.57. The number of ketones is 1. The van der Waals surface area contributed by atoms with Crippen molar-refractivity contribution in [2.45, 2.75) is 90.6 Å². The molecule has 0 aromatic heterocycles. The monoisotopic (exact) mass is 368 g/mol. The largest absolute Gasteiger partial charge is 0.489 e. The molecule has 2 aliphatic rings. The Labute approximate surface area is 165 Å². The van der Waals surface area contributed by atoms with Gasteiger partial charge in [-0.05, 0) is 37.5 Å². The number of unbranched alkanes of at least 4 members (excludes halogenated alkanes) is 5. The zero-order valence-electron chi connectivity index (χ0n) is 17.2. The van der Waals surface area contributed by atoms with Gasteiger partial charge in [0.25, 0.3) is 0 Å². The molecule has 2 nitrogen and oxygen atoms in total. The number of benzene rings is 1.